The van der Waals surface area contributed by atoms with Gasteiger partial charge in [-0.05, 0) is 61.4 Å². The number of hydrogen-bond acceptors (Lipinski definition) is 4. The summed E-state index contributed by atoms with van der Waals surface area (Å²) in [5, 5.41) is 10.4. The quantitative estimate of drug-likeness (QED) is 0.693. The fourth-order valence-electron chi connectivity index (χ4n) is 1.88. The fraction of sp³-hybridized carbons (Fsp3) is 0.429. The molecule has 0 radical (unpaired) electrons. The van der Waals surface area contributed by atoms with Crippen LogP contribution in [-0.2, 0) is 6.42 Å². The monoisotopic (exact) mass is 357 g/mol. The second-order valence-corrected chi connectivity index (χ2v) is 5.05. The predicted octanol–water partition coefficient (Wildman–Crippen LogP) is 4.16. The molecule has 1 unspecified atom stereocenters. The molecule has 0 fully saturated rings. The van der Waals surface area contributed by atoms with Crippen LogP contribution in [0.1, 0.15) is 48.2 Å². The van der Waals surface area contributed by atoms with Gasteiger partial charge < -0.3 is 19.3 Å². The lowest BCUT2D eigenvalue weighted by Gasteiger charge is -2.13. The first-order valence-corrected chi connectivity index (χ1v) is 7.50. The van der Waals surface area contributed by atoms with Crippen molar-refractivity contribution in [2.75, 3.05) is 20.8 Å². The first kappa shape index (κ1) is 8.00. The van der Waals surface area contributed by atoms with Crippen molar-refractivity contribution in [1.29, 1.82) is 0 Å². The molecule has 4 heteroatoms. The Bertz CT molecular complexity index is 1170. The number of rotatable bonds is 10. The normalized spacial score (nSPS) is 21.6. The Kier molecular flexibility index (Phi) is 3.18. The van der Waals surface area contributed by atoms with E-state index in [4.69, 9.17) is 32.0 Å². The summed E-state index contributed by atoms with van der Waals surface area (Å²) in [6.45, 7) is 0.619. The molecule has 2 rings (SSSR count). The van der Waals surface area contributed by atoms with Crippen molar-refractivity contribution >= 4 is 0 Å². The van der Waals surface area contributed by atoms with E-state index in [1.54, 1.807) is 0 Å². The van der Waals surface area contributed by atoms with Crippen molar-refractivity contribution in [3.63, 3.8) is 0 Å². The smallest absolute Gasteiger partial charge is 0.160 e. The molecule has 0 aliphatic carbocycles. The summed E-state index contributed by atoms with van der Waals surface area (Å²) in [5.41, 5.74) is -0.241. The van der Waals surface area contributed by atoms with Crippen LogP contribution in [0.25, 0.3) is 0 Å². The maximum absolute atomic E-state index is 10.4. The van der Waals surface area contributed by atoms with Crippen LogP contribution < -0.4 is 14.2 Å². The minimum atomic E-state index is -3.00. The summed E-state index contributed by atoms with van der Waals surface area (Å²) in [7, 11) is -1.90. The van der Waals surface area contributed by atoms with E-state index in [1.165, 1.54) is 6.92 Å². The van der Waals surface area contributed by atoms with Gasteiger partial charge in [-0.15, -0.1) is 0 Å². The predicted molar refractivity (Wildman–Crippen MR) is 99.8 cm³/mol. The molecular formula is C21H28O4. The van der Waals surface area contributed by atoms with Crippen molar-refractivity contribution in [2.45, 2.75) is 38.6 Å². The molecule has 0 spiro atoms. The average Bonchev–Trinajstić information content (AvgIpc) is 2.81. The summed E-state index contributed by atoms with van der Waals surface area (Å²) < 4.78 is 118. The Morgan fingerprint density at radius 2 is 2.12 bits per heavy atom. The second kappa shape index (κ2) is 9.94. The highest BCUT2D eigenvalue weighted by molar-refractivity contribution is 5.42. The van der Waals surface area contributed by atoms with Crippen LogP contribution >= 0.6 is 0 Å². The molecule has 0 bridgehead atoms. The lowest BCUT2D eigenvalue weighted by atomic mass is 10.0. The molecule has 4 nitrogen and oxygen atoms in total. The number of methoxy groups -OCH3 is 2. The van der Waals surface area contributed by atoms with E-state index in [0.717, 1.165) is 7.11 Å². The van der Waals surface area contributed by atoms with Crippen LogP contribution in [0.15, 0.2) is 42.3 Å². The average molecular weight is 358 g/mol. The Morgan fingerprint density at radius 1 is 1.24 bits per heavy atom. The van der Waals surface area contributed by atoms with Gasteiger partial charge in [-0.3, -0.25) is 0 Å². The number of hydrogen-bond donors (Lipinski definition) is 1. The maximum Gasteiger partial charge on any atom is 0.160 e. The minimum Gasteiger partial charge on any atom is -0.493 e. The molecule has 1 N–H and O–H groups in total. The van der Waals surface area contributed by atoms with Crippen molar-refractivity contribution in [1.82, 2.24) is 0 Å². The van der Waals surface area contributed by atoms with Gasteiger partial charge in [0.05, 0.1) is 35.3 Å². The summed E-state index contributed by atoms with van der Waals surface area (Å²) in [4.78, 5) is 0. The molecule has 0 aromatic heterocycles. The van der Waals surface area contributed by atoms with Gasteiger partial charge in [0, 0.05) is 2.74 Å². The molecule has 136 valence electrons. The SMILES string of the molecule is [2H]c1c([2H])c(C)c([2H])c(OCC([2H])(O)CCC([2H])([2H])Cc2c([2H])c([2H])c(OC)c(OC([2H])([2H])[2H])c2[2H])c1[2H]. The van der Waals surface area contributed by atoms with E-state index < -0.39 is 92.8 Å². The third kappa shape index (κ3) is 6.31. The van der Waals surface area contributed by atoms with E-state index in [9.17, 15) is 5.11 Å². The van der Waals surface area contributed by atoms with Crippen molar-refractivity contribution < 1.29 is 37.1 Å². The van der Waals surface area contributed by atoms with Gasteiger partial charge in [-0.2, -0.15) is 0 Å². The second-order valence-electron chi connectivity index (χ2n) is 5.05. The lowest BCUT2D eigenvalue weighted by Crippen LogP contribution is -2.17. The first-order valence-electron chi connectivity index (χ1n) is 14.0. The van der Waals surface area contributed by atoms with E-state index in [2.05, 4.69) is 0 Å². The summed E-state index contributed by atoms with van der Waals surface area (Å²) in [6, 6.07) is -3.49. The standard InChI is InChI=1S/C21H28O4/c1-16-7-6-10-19(13-16)25-15-18(22)9-5-4-8-17-11-12-20(23-2)21(14-17)24-3/h6-7,10-14,18,22H,4-5,8-9,15H2,1-3H3/i3D3,4D2,6D,7D,10D,11D,12D,13D,14D,18D. The zero-order valence-electron chi connectivity index (χ0n) is 27.0. The van der Waals surface area contributed by atoms with Crippen LogP contribution in [0.5, 0.6) is 17.2 Å². The van der Waals surface area contributed by atoms with Crippen LogP contribution in [0.2, 0.25) is 0 Å². The lowest BCUT2D eigenvalue weighted by molar-refractivity contribution is 0.0976. The highest BCUT2D eigenvalue weighted by Crippen LogP contribution is 2.28. The van der Waals surface area contributed by atoms with E-state index in [-0.39, 0.29) is 23.2 Å². The minimum absolute atomic E-state index is 0.0818. The third-order valence-electron chi connectivity index (χ3n) is 3.11. The van der Waals surface area contributed by atoms with Crippen LogP contribution in [0.3, 0.4) is 0 Å². The molecule has 0 saturated carbocycles. The van der Waals surface area contributed by atoms with Crippen molar-refractivity contribution in [3.05, 3.63) is 53.4 Å². The largest absolute Gasteiger partial charge is 0.493 e. The van der Waals surface area contributed by atoms with E-state index in [0.29, 0.717) is 0 Å². The molecule has 1 atom stereocenters. The van der Waals surface area contributed by atoms with Gasteiger partial charge >= 0.3 is 0 Å². The zero-order chi connectivity index (χ0) is 29.4. The molecule has 2 aromatic carbocycles. The molecule has 2 aromatic rings. The third-order valence-corrected chi connectivity index (χ3v) is 3.11. The molecule has 0 aliphatic rings. The van der Waals surface area contributed by atoms with Gasteiger partial charge in [0.15, 0.2) is 11.5 Å². The number of ether oxygens (including phenoxy) is 3. The van der Waals surface area contributed by atoms with Gasteiger partial charge in [0.1, 0.15) is 12.4 Å². The summed E-state index contributed by atoms with van der Waals surface area (Å²) in [5.74, 6) is -1.48. The maximum atomic E-state index is 10.4. The molecule has 0 amide bonds. The van der Waals surface area contributed by atoms with Gasteiger partial charge in [-0.1, -0.05) is 24.5 Å². The fourth-order valence-corrected chi connectivity index (χ4v) is 1.88. The Labute approximate surface area is 168 Å². The Morgan fingerprint density at radius 3 is 2.92 bits per heavy atom. The Hall–Kier alpha value is -2.20. The first-order chi connectivity index (χ1) is 17.2. The molecule has 25 heavy (non-hydrogen) atoms. The topological polar surface area (TPSA) is 47.9 Å². The molecule has 0 heterocycles. The van der Waals surface area contributed by atoms with Gasteiger partial charge in [0.2, 0.25) is 0 Å². The van der Waals surface area contributed by atoms with Crippen molar-refractivity contribution in [3.8, 4) is 17.2 Å². The molecular weight excluding hydrogens is 316 g/mol. The number of benzene rings is 2. The Balaban J connectivity index is 2.23. The number of aliphatic hydroxyl groups is 1. The summed E-state index contributed by atoms with van der Waals surface area (Å²) in [6.07, 6.45) is -6.29. The molecule has 0 saturated heterocycles. The highest BCUT2D eigenvalue weighted by Gasteiger charge is 2.07. The van der Waals surface area contributed by atoms with Gasteiger partial charge in [-0.25, -0.2) is 0 Å². The van der Waals surface area contributed by atoms with Crippen LogP contribution in [0.4, 0.5) is 0 Å². The van der Waals surface area contributed by atoms with Gasteiger partial charge in [0.25, 0.3) is 0 Å². The zero-order valence-corrected chi connectivity index (χ0v) is 14.0. The van der Waals surface area contributed by atoms with E-state index >= 15 is 0 Å². The highest BCUT2D eigenvalue weighted by atomic mass is 16.5. The van der Waals surface area contributed by atoms with E-state index in [1.807, 2.05) is 0 Å². The molecule has 0 aliphatic heterocycles. The van der Waals surface area contributed by atoms with Crippen LogP contribution in [0, 0.1) is 6.92 Å². The van der Waals surface area contributed by atoms with Crippen LogP contribution in [-0.4, -0.2) is 31.9 Å². The van der Waals surface area contributed by atoms with Crippen molar-refractivity contribution in [2.24, 2.45) is 0 Å². The summed E-state index contributed by atoms with van der Waals surface area (Å²) >= 11 is 0.